The number of nitrogens with one attached hydrogen (secondary N) is 1. The second kappa shape index (κ2) is 8.86. The number of carbonyl (C=O) groups excluding carboxylic acids is 1. The molecule has 9 heteroatoms. The van der Waals surface area contributed by atoms with Crippen LogP contribution in [0, 0.1) is 18.7 Å². The minimum Gasteiger partial charge on any atom is -0.447 e. The number of aryl methyl sites for hydroxylation is 1. The second-order valence-electron chi connectivity index (χ2n) is 8.16. The number of cyclic esters (lactones) is 1. The SMILES string of the molecule is Cc1cc(-c2cnc([C@@H](C)Nc3nccc(N4C(=O)OC[C@@H]4C(C)C)n3)nc2)ccc1F. The zero-order valence-electron chi connectivity index (χ0n) is 18.4. The Morgan fingerprint density at radius 3 is 2.56 bits per heavy atom. The van der Waals surface area contributed by atoms with E-state index in [-0.39, 0.29) is 23.8 Å². The summed E-state index contributed by atoms with van der Waals surface area (Å²) in [6.45, 7) is 8.04. The van der Waals surface area contributed by atoms with Crippen LogP contribution in [0.1, 0.15) is 38.2 Å². The lowest BCUT2D eigenvalue weighted by molar-refractivity contribution is 0.177. The molecule has 2 atom stereocenters. The van der Waals surface area contributed by atoms with E-state index in [1.807, 2.05) is 20.8 Å². The van der Waals surface area contributed by atoms with Crippen molar-refractivity contribution >= 4 is 17.9 Å². The van der Waals surface area contributed by atoms with Crippen LogP contribution in [0.15, 0.2) is 42.9 Å². The molecule has 1 saturated heterocycles. The van der Waals surface area contributed by atoms with E-state index in [2.05, 4.69) is 25.3 Å². The van der Waals surface area contributed by atoms with Gasteiger partial charge in [-0.3, -0.25) is 4.90 Å². The van der Waals surface area contributed by atoms with Crippen LogP contribution in [0.4, 0.5) is 21.0 Å². The predicted molar refractivity (Wildman–Crippen MR) is 119 cm³/mol. The van der Waals surface area contributed by atoms with Gasteiger partial charge in [0.15, 0.2) is 0 Å². The van der Waals surface area contributed by atoms with Crippen LogP contribution in [-0.4, -0.2) is 38.7 Å². The van der Waals surface area contributed by atoms with Crippen molar-refractivity contribution in [1.29, 1.82) is 0 Å². The van der Waals surface area contributed by atoms with Gasteiger partial charge in [0.25, 0.3) is 0 Å². The summed E-state index contributed by atoms with van der Waals surface area (Å²) in [6.07, 6.45) is 4.60. The third kappa shape index (κ3) is 4.37. The van der Waals surface area contributed by atoms with E-state index in [4.69, 9.17) is 4.74 Å². The fourth-order valence-electron chi connectivity index (χ4n) is 3.54. The summed E-state index contributed by atoms with van der Waals surface area (Å²) in [6, 6.07) is 6.24. The molecule has 1 N–H and O–H groups in total. The zero-order chi connectivity index (χ0) is 22.8. The molecule has 3 aromatic rings. The minimum absolute atomic E-state index is 0.0753. The van der Waals surface area contributed by atoms with Crippen LogP contribution in [0.25, 0.3) is 11.1 Å². The van der Waals surface area contributed by atoms with E-state index in [1.54, 1.807) is 48.6 Å². The van der Waals surface area contributed by atoms with Crippen molar-refractivity contribution in [3.63, 3.8) is 0 Å². The number of hydrogen-bond donors (Lipinski definition) is 1. The molecule has 1 fully saturated rings. The first kappa shape index (κ1) is 21.6. The van der Waals surface area contributed by atoms with Gasteiger partial charge in [-0.15, -0.1) is 0 Å². The Balaban J connectivity index is 1.49. The standard InChI is InChI=1S/C23H25FN6O2/c1-13(2)19-12-32-23(31)30(19)20-7-8-25-22(29-20)28-15(4)21-26-10-17(11-27-21)16-5-6-18(24)14(3)9-16/h5-11,13,15,19H,12H2,1-4H3,(H,25,28,29)/t15-,19-/m1/s1. The van der Waals surface area contributed by atoms with Crippen molar-refractivity contribution in [3.8, 4) is 11.1 Å². The largest absolute Gasteiger partial charge is 0.447 e. The van der Waals surface area contributed by atoms with Crippen LogP contribution in [0.2, 0.25) is 0 Å². The molecule has 0 aliphatic carbocycles. The number of ether oxygens (including phenoxy) is 1. The van der Waals surface area contributed by atoms with E-state index in [0.29, 0.717) is 29.8 Å². The van der Waals surface area contributed by atoms with Gasteiger partial charge in [-0.1, -0.05) is 19.9 Å². The molecule has 1 aliphatic rings. The monoisotopic (exact) mass is 436 g/mol. The molecular formula is C23H25FN6O2. The zero-order valence-corrected chi connectivity index (χ0v) is 18.4. The first-order valence-electron chi connectivity index (χ1n) is 10.5. The van der Waals surface area contributed by atoms with Crippen molar-refractivity contribution in [1.82, 2.24) is 19.9 Å². The molecule has 3 heterocycles. The number of rotatable bonds is 6. The number of amides is 1. The lowest BCUT2D eigenvalue weighted by Gasteiger charge is -2.23. The normalized spacial score (nSPS) is 16.9. The molecule has 0 bridgehead atoms. The maximum absolute atomic E-state index is 13.5. The topological polar surface area (TPSA) is 93.1 Å². The number of nitrogens with zero attached hydrogens (tertiary/aromatic N) is 5. The van der Waals surface area contributed by atoms with Crippen molar-refractivity contribution < 1.29 is 13.9 Å². The molecule has 0 saturated carbocycles. The van der Waals surface area contributed by atoms with E-state index >= 15 is 0 Å². The molecule has 166 valence electrons. The molecule has 32 heavy (non-hydrogen) atoms. The van der Waals surface area contributed by atoms with Crippen molar-refractivity contribution in [2.75, 3.05) is 16.8 Å². The molecular weight excluding hydrogens is 411 g/mol. The predicted octanol–water partition coefficient (Wildman–Crippen LogP) is 4.54. The Morgan fingerprint density at radius 2 is 1.88 bits per heavy atom. The van der Waals surface area contributed by atoms with E-state index in [0.717, 1.165) is 11.1 Å². The van der Waals surface area contributed by atoms with Crippen molar-refractivity contribution in [2.45, 2.75) is 39.8 Å². The maximum Gasteiger partial charge on any atom is 0.415 e. The second-order valence-corrected chi connectivity index (χ2v) is 8.16. The summed E-state index contributed by atoms with van der Waals surface area (Å²) in [5.41, 5.74) is 2.22. The van der Waals surface area contributed by atoms with Crippen molar-refractivity contribution in [2.24, 2.45) is 5.92 Å². The van der Waals surface area contributed by atoms with Gasteiger partial charge in [-0.05, 0) is 49.1 Å². The van der Waals surface area contributed by atoms with Gasteiger partial charge < -0.3 is 10.1 Å². The van der Waals surface area contributed by atoms with Gasteiger partial charge in [0, 0.05) is 24.2 Å². The van der Waals surface area contributed by atoms with Gasteiger partial charge in [0.1, 0.15) is 24.1 Å². The quantitative estimate of drug-likeness (QED) is 0.606. The Hall–Kier alpha value is -3.62. The summed E-state index contributed by atoms with van der Waals surface area (Å²) in [7, 11) is 0. The van der Waals surface area contributed by atoms with Gasteiger partial charge in [0.2, 0.25) is 5.95 Å². The molecule has 1 amide bonds. The van der Waals surface area contributed by atoms with Gasteiger partial charge in [-0.2, -0.15) is 4.98 Å². The third-order valence-electron chi connectivity index (χ3n) is 5.46. The molecule has 2 aromatic heterocycles. The summed E-state index contributed by atoms with van der Waals surface area (Å²) in [5.74, 6) is 1.39. The number of aromatic nitrogens is 4. The fourth-order valence-corrected chi connectivity index (χ4v) is 3.54. The highest BCUT2D eigenvalue weighted by Gasteiger charge is 2.37. The lowest BCUT2D eigenvalue weighted by Crippen LogP contribution is -2.37. The minimum atomic E-state index is -0.406. The average Bonchev–Trinajstić information content (AvgIpc) is 3.18. The number of benzene rings is 1. The van der Waals surface area contributed by atoms with Crippen LogP contribution in [0.5, 0.6) is 0 Å². The number of carbonyl (C=O) groups is 1. The molecule has 4 rings (SSSR count). The molecule has 1 aliphatic heterocycles. The smallest absolute Gasteiger partial charge is 0.415 e. The summed E-state index contributed by atoms with van der Waals surface area (Å²) >= 11 is 0. The number of hydrogen-bond acceptors (Lipinski definition) is 7. The molecule has 0 spiro atoms. The lowest BCUT2D eigenvalue weighted by atomic mass is 10.0. The Bertz CT molecular complexity index is 1120. The first-order chi connectivity index (χ1) is 15.3. The van der Waals surface area contributed by atoms with E-state index in [1.165, 1.54) is 6.07 Å². The van der Waals surface area contributed by atoms with Crippen LogP contribution < -0.4 is 10.2 Å². The van der Waals surface area contributed by atoms with Crippen LogP contribution in [0.3, 0.4) is 0 Å². The van der Waals surface area contributed by atoms with Gasteiger partial charge >= 0.3 is 6.09 Å². The van der Waals surface area contributed by atoms with Gasteiger partial charge in [-0.25, -0.2) is 24.1 Å². The molecule has 0 radical (unpaired) electrons. The number of anilines is 2. The fraction of sp³-hybridized carbons (Fsp3) is 0.348. The van der Waals surface area contributed by atoms with Crippen LogP contribution >= 0.6 is 0 Å². The molecule has 0 unspecified atom stereocenters. The summed E-state index contributed by atoms with van der Waals surface area (Å²) in [5, 5.41) is 3.18. The van der Waals surface area contributed by atoms with Gasteiger partial charge in [0.05, 0.1) is 12.1 Å². The third-order valence-corrected chi connectivity index (χ3v) is 5.46. The highest BCUT2D eigenvalue weighted by Crippen LogP contribution is 2.27. The van der Waals surface area contributed by atoms with E-state index < -0.39 is 6.09 Å². The highest BCUT2D eigenvalue weighted by molar-refractivity contribution is 5.89. The maximum atomic E-state index is 13.5. The Morgan fingerprint density at radius 1 is 1.12 bits per heavy atom. The average molecular weight is 436 g/mol. The first-order valence-corrected chi connectivity index (χ1v) is 10.5. The molecule has 8 nitrogen and oxygen atoms in total. The summed E-state index contributed by atoms with van der Waals surface area (Å²) in [4.78, 5) is 31.4. The van der Waals surface area contributed by atoms with Crippen LogP contribution in [-0.2, 0) is 4.74 Å². The Kier molecular flexibility index (Phi) is 5.98. The Labute approximate surface area is 185 Å². The number of halogens is 1. The molecule has 1 aromatic carbocycles. The van der Waals surface area contributed by atoms with Crippen molar-refractivity contribution in [3.05, 3.63) is 60.1 Å². The highest BCUT2D eigenvalue weighted by atomic mass is 19.1. The summed E-state index contributed by atoms with van der Waals surface area (Å²) < 4.78 is 18.7. The van der Waals surface area contributed by atoms with E-state index in [9.17, 15) is 9.18 Å².